The lowest BCUT2D eigenvalue weighted by molar-refractivity contribution is -0.138. The molecule has 2 fully saturated rings. The van der Waals surface area contributed by atoms with Crippen molar-refractivity contribution in [2.45, 2.75) is 52.1 Å². The highest BCUT2D eigenvalue weighted by atomic mass is 79.9. The summed E-state index contributed by atoms with van der Waals surface area (Å²) in [5.41, 5.74) is -0.708. The number of nitrogens with zero attached hydrogens (tertiary/aromatic N) is 2. The van der Waals surface area contributed by atoms with E-state index in [4.69, 9.17) is 0 Å². The summed E-state index contributed by atoms with van der Waals surface area (Å²) >= 11 is 5.17. The van der Waals surface area contributed by atoms with Crippen LogP contribution in [0.15, 0.2) is 15.9 Å². The van der Waals surface area contributed by atoms with Gasteiger partial charge >= 0.3 is 6.03 Å². The second-order valence-electron chi connectivity index (χ2n) is 7.26. The zero-order chi connectivity index (χ0) is 18.2. The van der Waals surface area contributed by atoms with Gasteiger partial charge in [-0.2, -0.15) is 0 Å². The highest BCUT2D eigenvalue weighted by Crippen LogP contribution is 2.42. The third kappa shape index (κ3) is 3.38. The van der Waals surface area contributed by atoms with Crippen LogP contribution in [0.2, 0.25) is 0 Å². The number of carbonyl (C=O) groups is 2. The summed E-state index contributed by atoms with van der Waals surface area (Å²) in [4.78, 5) is 30.6. The van der Waals surface area contributed by atoms with Crippen molar-refractivity contribution in [3.05, 3.63) is 20.8 Å². The van der Waals surface area contributed by atoms with Crippen molar-refractivity contribution in [1.29, 1.82) is 0 Å². The molecule has 1 spiro atoms. The summed E-state index contributed by atoms with van der Waals surface area (Å²) in [7, 11) is 0. The molecule has 0 radical (unpaired) electrons. The lowest BCUT2D eigenvalue weighted by atomic mass is 9.67. The molecule has 0 bridgehead atoms. The fraction of sp³-hybridized carbons (Fsp3) is 0.667. The zero-order valence-corrected chi connectivity index (χ0v) is 17.5. The molecule has 1 N–H and O–H groups in total. The topological polar surface area (TPSA) is 52.6 Å². The van der Waals surface area contributed by atoms with Crippen molar-refractivity contribution >= 4 is 39.2 Å². The van der Waals surface area contributed by atoms with Crippen molar-refractivity contribution in [2.75, 3.05) is 13.2 Å². The van der Waals surface area contributed by atoms with E-state index in [1.165, 1.54) is 9.78 Å². The predicted molar refractivity (Wildman–Crippen MR) is 103 cm³/mol. The summed E-state index contributed by atoms with van der Waals surface area (Å²) in [6.45, 7) is 8.11. The maximum Gasteiger partial charge on any atom is 0.326 e. The van der Waals surface area contributed by atoms with Gasteiger partial charge in [0.05, 0.1) is 10.5 Å². The number of amides is 3. The average molecular weight is 428 g/mol. The Kier molecular flexibility index (Phi) is 5.56. The molecule has 7 heteroatoms. The van der Waals surface area contributed by atoms with Crippen LogP contribution in [0.4, 0.5) is 4.79 Å². The van der Waals surface area contributed by atoms with Gasteiger partial charge in [0.25, 0.3) is 5.91 Å². The lowest BCUT2D eigenvalue weighted by Crippen LogP contribution is -2.59. The quantitative estimate of drug-likeness (QED) is 0.721. The van der Waals surface area contributed by atoms with Crippen LogP contribution >= 0.6 is 27.3 Å². The van der Waals surface area contributed by atoms with Gasteiger partial charge in [-0.15, -0.1) is 11.3 Å². The SMILES string of the molecule is CCN(Cc1ccc(Br)s1)CN1C(=O)NC2(C1=O)[C@H](C)CCC[C@@H]2C. The van der Waals surface area contributed by atoms with Crippen LogP contribution in [-0.4, -0.2) is 40.5 Å². The van der Waals surface area contributed by atoms with Crippen LogP contribution in [0.3, 0.4) is 0 Å². The van der Waals surface area contributed by atoms with E-state index >= 15 is 0 Å². The van der Waals surface area contributed by atoms with Gasteiger partial charge in [-0.25, -0.2) is 9.69 Å². The van der Waals surface area contributed by atoms with Crippen LogP contribution < -0.4 is 5.32 Å². The molecule has 5 nitrogen and oxygen atoms in total. The number of rotatable bonds is 5. The lowest BCUT2D eigenvalue weighted by Gasteiger charge is -2.42. The van der Waals surface area contributed by atoms with Crippen molar-refractivity contribution in [3.8, 4) is 0 Å². The highest BCUT2D eigenvalue weighted by molar-refractivity contribution is 9.11. The first kappa shape index (κ1) is 18.9. The molecular formula is C18H26BrN3O2S. The summed E-state index contributed by atoms with van der Waals surface area (Å²) in [5, 5.41) is 3.07. The Balaban J connectivity index is 1.75. The number of imide groups is 1. The van der Waals surface area contributed by atoms with Gasteiger partial charge in [0, 0.05) is 11.4 Å². The second kappa shape index (κ2) is 7.37. The van der Waals surface area contributed by atoms with E-state index in [-0.39, 0.29) is 23.8 Å². The van der Waals surface area contributed by atoms with Gasteiger partial charge < -0.3 is 5.32 Å². The van der Waals surface area contributed by atoms with Gasteiger partial charge in [-0.1, -0.05) is 27.2 Å². The number of carbonyl (C=O) groups excluding carboxylic acids is 2. The molecule has 1 aliphatic carbocycles. The maximum atomic E-state index is 13.2. The standard InChI is InChI=1S/C18H26BrN3O2S/c1-4-21(10-14-8-9-15(19)25-14)11-22-16(23)18(20-17(22)24)12(2)6-5-7-13(18)3/h8-9,12-13H,4-7,10-11H2,1-3H3,(H,20,24)/t12-,13+,18?. The van der Waals surface area contributed by atoms with Crippen molar-refractivity contribution in [1.82, 2.24) is 15.1 Å². The van der Waals surface area contributed by atoms with Crippen LogP contribution in [0.5, 0.6) is 0 Å². The number of urea groups is 1. The maximum absolute atomic E-state index is 13.2. The Labute approximate surface area is 161 Å². The molecule has 1 aliphatic heterocycles. The fourth-order valence-corrected chi connectivity index (χ4v) is 5.73. The first-order chi connectivity index (χ1) is 11.9. The molecule has 1 saturated carbocycles. The molecule has 1 unspecified atom stereocenters. The van der Waals surface area contributed by atoms with E-state index in [1.54, 1.807) is 11.3 Å². The zero-order valence-electron chi connectivity index (χ0n) is 15.0. The largest absolute Gasteiger partial charge is 0.326 e. The number of nitrogens with one attached hydrogen (secondary N) is 1. The van der Waals surface area contributed by atoms with Crippen LogP contribution in [-0.2, 0) is 11.3 Å². The Hall–Kier alpha value is -0.920. The number of thiophene rings is 1. The monoisotopic (exact) mass is 427 g/mol. The number of hydrogen-bond acceptors (Lipinski definition) is 4. The third-order valence-corrected chi connectivity index (χ3v) is 7.39. The summed E-state index contributed by atoms with van der Waals surface area (Å²) in [5.74, 6) is 0.324. The third-order valence-electron chi connectivity index (χ3n) is 5.78. The Morgan fingerprint density at radius 3 is 2.56 bits per heavy atom. The van der Waals surface area contributed by atoms with E-state index in [0.29, 0.717) is 6.67 Å². The minimum atomic E-state index is -0.708. The predicted octanol–water partition coefficient (Wildman–Crippen LogP) is 4.04. The van der Waals surface area contributed by atoms with Gasteiger partial charge in [-0.05, 0) is 59.3 Å². The molecule has 2 heterocycles. The van der Waals surface area contributed by atoms with Crippen LogP contribution in [0, 0.1) is 11.8 Å². The molecule has 1 aromatic heterocycles. The number of halogens is 1. The van der Waals surface area contributed by atoms with Gasteiger partial charge in [0.2, 0.25) is 0 Å². The van der Waals surface area contributed by atoms with Gasteiger partial charge in [-0.3, -0.25) is 9.69 Å². The van der Waals surface area contributed by atoms with E-state index in [2.05, 4.69) is 53.0 Å². The van der Waals surface area contributed by atoms with Crippen LogP contribution in [0.1, 0.15) is 44.9 Å². The Morgan fingerprint density at radius 2 is 2.00 bits per heavy atom. The molecule has 1 saturated heterocycles. The Bertz CT molecular complexity index is 653. The van der Waals surface area contributed by atoms with E-state index < -0.39 is 5.54 Å². The average Bonchev–Trinajstić information content (AvgIpc) is 3.08. The molecular weight excluding hydrogens is 402 g/mol. The molecule has 3 amide bonds. The van der Waals surface area contributed by atoms with Gasteiger partial charge in [0.15, 0.2) is 0 Å². The van der Waals surface area contributed by atoms with Crippen molar-refractivity contribution in [3.63, 3.8) is 0 Å². The molecule has 3 atom stereocenters. The first-order valence-corrected chi connectivity index (χ1v) is 10.6. The molecule has 3 rings (SSSR count). The normalized spacial score (nSPS) is 29.7. The van der Waals surface area contributed by atoms with Crippen LogP contribution in [0.25, 0.3) is 0 Å². The van der Waals surface area contributed by atoms with E-state index in [9.17, 15) is 9.59 Å². The van der Waals surface area contributed by atoms with Crippen molar-refractivity contribution < 1.29 is 9.59 Å². The summed E-state index contributed by atoms with van der Waals surface area (Å²) in [6, 6.07) is 3.87. The first-order valence-electron chi connectivity index (χ1n) is 8.99. The minimum Gasteiger partial charge on any atom is -0.323 e. The highest BCUT2D eigenvalue weighted by Gasteiger charge is 2.58. The van der Waals surface area contributed by atoms with Gasteiger partial charge in [0.1, 0.15) is 5.54 Å². The smallest absolute Gasteiger partial charge is 0.323 e. The molecule has 0 aromatic carbocycles. The summed E-state index contributed by atoms with van der Waals surface area (Å²) < 4.78 is 1.09. The molecule has 25 heavy (non-hydrogen) atoms. The second-order valence-corrected chi connectivity index (χ2v) is 9.81. The minimum absolute atomic E-state index is 0.0389. The molecule has 2 aliphatic rings. The van der Waals surface area contributed by atoms with Crippen molar-refractivity contribution in [2.24, 2.45) is 11.8 Å². The molecule has 1 aromatic rings. The fourth-order valence-electron chi connectivity index (χ4n) is 4.20. The van der Waals surface area contributed by atoms with E-state index in [0.717, 1.165) is 36.1 Å². The van der Waals surface area contributed by atoms with E-state index in [1.807, 2.05) is 6.07 Å². The molecule has 138 valence electrons. The Morgan fingerprint density at radius 1 is 1.32 bits per heavy atom. The summed E-state index contributed by atoms with van der Waals surface area (Å²) in [6.07, 6.45) is 3.11. The number of hydrogen-bond donors (Lipinski definition) is 1.